The molecule has 0 atom stereocenters. The highest BCUT2D eigenvalue weighted by atomic mass is 127. The Kier molecular flexibility index (Phi) is 4.47. The van der Waals surface area contributed by atoms with E-state index in [1.807, 2.05) is 66.9 Å². The van der Waals surface area contributed by atoms with Gasteiger partial charge in [-0.3, -0.25) is 4.79 Å². The Hall–Kier alpha value is -2.15. The van der Waals surface area contributed by atoms with E-state index in [1.54, 1.807) is 6.20 Å². The van der Waals surface area contributed by atoms with Crippen molar-refractivity contribution in [3.8, 4) is 5.82 Å². The fourth-order valence-electron chi connectivity index (χ4n) is 2.56. The first-order valence-electron chi connectivity index (χ1n) is 7.23. The molecule has 0 aliphatic rings. The van der Waals surface area contributed by atoms with Gasteiger partial charge >= 0.3 is 0 Å². The third-order valence-electron chi connectivity index (χ3n) is 3.66. The van der Waals surface area contributed by atoms with Crippen LogP contribution >= 0.6 is 22.6 Å². The summed E-state index contributed by atoms with van der Waals surface area (Å²) in [5.74, 6) is 0.706. The van der Waals surface area contributed by atoms with Crippen LogP contribution in [0.2, 0.25) is 0 Å². The van der Waals surface area contributed by atoms with Gasteiger partial charge in [0.05, 0.1) is 5.56 Å². The minimum atomic E-state index is -0.110. The Morgan fingerprint density at radius 3 is 2.52 bits per heavy atom. The number of aryl methyl sites for hydroxylation is 1. The number of nitrogens with zero attached hydrogens (tertiary/aromatic N) is 2. The number of anilines is 1. The van der Waals surface area contributed by atoms with Crippen LogP contribution in [0, 0.1) is 17.4 Å². The van der Waals surface area contributed by atoms with Gasteiger partial charge in [0.2, 0.25) is 0 Å². The average Bonchev–Trinajstić information content (AvgIpc) is 2.85. The van der Waals surface area contributed by atoms with E-state index in [1.165, 1.54) is 0 Å². The zero-order chi connectivity index (χ0) is 16.4. The van der Waals surface area contributed by atoms with E-state index < -0.39 is 0 Å². The number of hydrogen-bond donors (Lipinski definition) is 1. The number of rotatable bonds is 3. The molecule has 1 N–H and O–H groups in total. The molecule has 0 spiro atoms. The summed E-state index contributed by atoms with van der Waals surface area (Å²) >= 11 is 2.24. The van der Waals surface area contributed by atoms with Gasteiger partial charge in [-0.05, 0) is 78.9 Å². The number of carbonyl (C=O) groups is 1. The number of aromatic nitrogens is 2. The standard InChI is InChI=1S/C18H16IN3O/c1-12-11-16(13(2)22(12)17-5-3-4-10-20-17)18(23)21-15-8-6-14(19)7-9-15/h3-11H,1-2H3,(H,21,23). The fourth-order valence-corrected chi connectivity index (χ4v) is 2.92. The maximum atomic E-state index is 12.6. The Morgan fingerprint density at radius 2 is 1.87 bits per heavy atom. The molecule has 116 valence electrons. The van der Waals surface area contributed by atoms with Crippen molar-refractivity contribution in [2.75, 3.05) is 5.32 Å². The molecule has 0 fully saturated rings. The van der Waals surface area contributed by atoms with E-state index in [0.717, 1.165) is 26.5 Å². The first-order valence-corrected chi connectivity index (χ1v) is 8.31. The van der Waals surface area contributed by atoms with Crippen LogP contribution in [0.4, 0.5) is 5.69 Å². The Balaban J connectivity index is 1.92. The maximum absolute atomic E-state index is 12.6. The highest BCUT2D eigenvalue weighted by Crippen LogP contribution is 2.21. The van der Waals surface area contributed by atoms with Crippen LogP contribution in [0.3, 0.4) is 0 Å². The quantitative estimate of drug-likeness (QED) is 0.645. The van der Waals surface area contributed by atoms with E-state index in [0.29, 0.717) is 5.56 Å². The van der Waals surface area contributed by atoms with Crippen molar-refractivity contribution in [3.63, 3.8) is 0 Å². The summed E-state index contributed by atoms with van der Waals surface area (Å²) in [6.07, 6.45) is 1.75. The summed E-state index contributed by atoms with van der Waals surface area (Å²) < 4.78 is 3.12. The molecule has 0 saturated heterocycles. The average molecular weight is 417 g/mol. The van der Waals surface area contributed by atoms with E-state index in [-0.39, 0.29) is 5.91 Å². The molecule has 0 aliphatic heterocycles. The van der Waals surface area contributed by atoms with Gasteiger partial charge in [0.1, 0.15) is 5.82 Å². The van der Waals surface area contributed by atoms with E-state index >= 15 is 0 Å². The van der Waals surface area contributed by atoms with Crippen molar-refractivity contribution in [3.05, 3.63) is 75.2 Å². The molecule has 2 aromatic heterocycles. The molecular weight excluding hydrogens is 401 g/mol. The molecule has 1 amide bonds. The van der Waals surface area contributed by atoms with Crippen LogP contribution in [-0.4, -0.2) is 15.5 Å². The Morgan fingerprint density at radius 1 is 1.13 bits per heavy atom. The van der Waals surface area contributed by atoms with Crippen molar-refractivity contribution in [1.82, 2.24) is 9.55 Å². The number of pyridine rings is 1. The monoisotopic (exact) mass is 417 g/mol. The lowest BCUT2D eigenvalue weighted by Crippen LogP contribution is -2.13. The Labute approximate surface area is 148 Å². The molecular formula is C18H16IN3O. The van der Waals surface area contributed by atoms with Crippen LogP contribution in [0.25, 0.3) is 5.82 Å². The van der Waals surface area contributed by atoms with Gasteiger partial charge in [-0.2, -0.15) is 0 Å². The number of amides is 1. The van der Waals surface area contributed by atoms with Crippen molar-refractivity contribution in [2.45, 2.75) is 13.8 Å². The van der Waals surface area contributed by atoms with Crippen LogP contribution in [0.5, 0.6) is 0 Å². The lowest BCUT2D eigenvalue weighted by Gasteiger charge is -2.09. The first-order chi connectivity index (χ1) is 11.1. The highest BCUT2D eigenvalue weighted by Gasteiger charge is 2.17. The second kappa shape index (κ2) is 6.54. The van der Waals surface area contributed by atoms with Crippen LogP contribution in [0.1, 0.15) is 21.7 Å². The SMILES string of the molecule is Cc1cc(C(=O)Nc2ccc(I)cc2)c(C)n1-c1ccccn1. The molecule has 0 unspecified atom stereocenters. The largest absolute Gasteiger partial charge is 0.322 e. The molecule has 0 bridgehead atoms. The number of benzene rings is 1. The second-order valence-corrected chi connectivity index (χ2v) is 6.51. The lowest BCUT2D eigenvalue weighted by molar-refractivity contribution is 0.102. The minimum Gasteiger partial charge on any atom is -0.322 e. The lowest BCUT2D eigenvalue weighted by atomic mass is 10.2. The van der Waals surface area contributed by atoms with E-state index in [9.17, 15) is 4.79 Å². The molecule has 0 radical (unpaired) electrons. The molecule has 0 saturated carbocycles. The summed E-state index contributed by atoms with van der Waals surface area (Å²) in [6.45, 7) is 3.91. The zero-order valence-electron chi connectivity index (χ0n) is 12.9. The molecule has 5 heteroatoms. The van der Waals surface area contributed by atoms with Gasteiger partial charge in [-0.25, -0.2) is 4.98 Å². The molecule has 2 heterocycles. The van der Waals surface area contributed by atoms with Crippen molar-refractivity contribution in [2.24, 2.45) is 0 Å². The summed E-state index contributed by atoms with van der Waals surface area (Å²) in [4.78, 5) is 16.9. The molecule has 4 nitrogen and oxygen atoms in total. The van der Waals surface area contributed by atoms with Crippen LogP contribution in [-0.2, 0) is 0 Å². The van der Waals surface area contributed by atoms with Crippen LogP contribution in [0.15, 0.2) is 54.7 Å². The van der Waals surface area contributed by atoms with Gasteiger partial charge in [-0.15, -0.1) is 0 Å². The fraction of sp³-hybridized carbons (Fsp3) is 0.111. The second-order valence-electron chi connectivity index (χ2n) is 5.27. The van der Waals surface area contributed by atoms with Crippen molar-refractivity contribution < 1.29 is 4.79 Å². The van der Waals surface area contributed by atoms with Crippen molar-refractivity contribution >= 4 is 34.2 Å². The number of nitrogens with one attached hydrogen (secondary N) is 1. The van der Waals surface area contributed by atoms with Gasteiger partial charge in [-0.1, -0.05) is 6.07 Å². The van der Waals surface area contributed by atoms with E-state index in [2.05, 4.69) is 32.9 Å². The van der Waals surface area contributed by atoms with Crippen LogP contribution < -0.4 is 5.32 Å². The highest BCUT2D eigenvalue weighted by molar-refractivity contribution is 14.1. The number of carbonyl (C=O) groups excluding carboxylic acids is 1. The normalized spacial score (nSPS) is 10.6. The van der Waals surface area contributed by atoms with E-state index in [4.69, 9.17) is 0 Å². The van der Waals surface area contributed by atoms with Crippen molar-refractivity contribution in [1.29, 1.82) is 0 Å². The number of hydrogen-bond acceptors (Lipinski definition) is 2. The molecule has 0 aliphatic carbocycles. The third kappa shape index (κ3) is 3.29. The molecule has 3 rings (SSSR count). The minimum absolute atomic E-state index is 0.110. The summed E-state index contributed by atoms with van der Waals surface area (Å²) in [5, 5.41) is 2.94. The van der Waals surface area contributed by atoms with Gasteiger partial charge in [0.15, 0.2) is 0 Å². The predicted molar refractivity (Wildman–Crippen MR) is 100 cm³/mol. The molecule has 23 heavy (non-hydrogen) atoms. The smallest absolute Gasteiger partial charge is 0.257 e. The number of halogens is 1. The van der Waals surface area contributed by atoms with Gasteiger partial charge in [0, 0.05) is 26.8 Å². The third-order valence-corrected chi connectivity index (χ3v) is 4.38. The molecule has 1 aromatic carbocycles. The summed E-state index contributed by atoms with van der Waals surface area (Å²) in [7, 11) is 0. The predicted octanol–water partition coefficient (Wildman–Crippen LogP) is 4.35. The molecule has 3 aromatic rings. The Bertz CT molecular complexity index is 839. The summed E-state index contributed by atoms with van der Waals surface area (Å²) in [5.41, 5.74) is 3.31. The van der Waals surface area contributed by atoms with Gasteiger partial charge < -0.3 is 9.88 Å². The maximum Gasteiger partial charge on any atom is 0.257 e. The first kappa shape index (κ1) is 15.7. The topological polar surface area (TPSA) is 46.9 Å². The van der Waals surface area contributed by atoms with Gasteiger partial charge in [0.25, 0.3) is 5.91 Å². The summed E-state index contributed by atoms with van der Waals surface area (Å²) in [6, 6.07) is 15.4. The zero-order valence-corrected chi connectivity index (χ0v) is 15.0.